The molecule has 2 fully saturated rings. The summed E-state index contributed by atoms with van der Waals surface area (Å²) in [6.07, 6.45) is 4.01. The number of piperidine rings is 1. The molecule has 140 valence electrons. The Kier molecular flexibility index (Phi) is 5.10. The summed E-state index contributed by atoms with van der Waals surface area (Å²) in [7, 11) is 0. The highest BCUT2D eigenvalue weighted by atomic mass is 16.2. The SMILES string of the molecule is O=C1CC(Nc2ccc(N3CCCCC3)cc2)C(=O)N1Cc1ccccc1. The van der Waals surface area contributed by atoms with Crippen LogP contribution < -0.4 is 10.2 Å². The molecule has 0 radical (unpaired) electrons. The zero-order valence-corrected chi connectivity index (χ0v) is 15.4. The Bertz CT molecular complexity index is 798. The molecule has 2 aliphatic heterocycles. The van der Waals surface area contributed by atoms with Crippen molar-refractivity contribution in [2.75, 3.05) is 23.3 Å². The fourth-order valence-corrected chi connectivity index (χ4v) is 3.85. The molecular formula is C22H25N3O2. The van der Waals surface area contributed by atoms with Gasteiger partial charge >= 0.3 is 0 Å². The van der Waals surface area contributed by atoms with Crippen molar-refractivity contribution in [2.45, 2.75) is 38.3 Å². The van der Waals surface area contributed by atoms with Crippen LogP contribution in [-0.4, -0.2) is 35.8 Å². The first-order chi connectivity index (χ1) is 13.2. The maximum absolute atomic E-state index is 12.7. The average molecular weight is 363 g/mol. The number of benzene rings is 2. The second-order valence-electron chi connectivity index (χ2n) is 7.30. The van der Waals surface area contributed by atoms with Gasteiger partial charge in [-0.25, -0.2) is 0 Å². The van der Waals surface area contributed by atoms with Gasteiger partial charge in [0.05, 0.1) is 13.0 Å². The van der Waals surface area contributed by atoms with Crippen LogP contribution in [0.3, 0.4) is 0 Å². The van der Waals surface area contributed by atoms with Crippen molar-refractivity contribution in [3.8, 4) is 0 Å². The summed E-state index contributed by atoms with van der Waals surface area (Å²) in [6.45, 7) is 2.55. The van der Waals surface area contributed by atoms with Gasteiger partial charge in [0.25, 0.3) is 5.91 Å². The Morgan fingerprint density at radius 1 is 0.889 bits per heavy atom. The van der Waals surface area contributed by atoms with E-state index in [2.05, 4.69) is 22.3 Å². The smallest absolute Gasteiger partial charge is 0.252 e. The maximum atomic E-state index is 12.7. The topological polar surface area (TPSA) is 52.7 Å². The number of carbonyl (C=O) groups excluding carboxylic acids is 2. The summed E-state index contributed by atoms with van der Waals surface area (Å²) in [5, 5.41) is 3.24. The first-order valence-corrected chi connectivity index (χ1v) is 9.70. The van der Waals surface area contributed by atoms with Crippen molar-refractivity contribution < 1.29 is 9.59 Å². The zero-order valence-electron chi connectivity index (χ0n) is 15.4. The van der Waals surface area contributed by atoms with Gasteiger partial charge in [0.1, 0.15) is 6.04 Å². The van der Waals surface area contributed by atoms with E-state index in [1.54, 1.807) is 0 Å². The van der Waals surface area contributed by atoms with Crippen molar-refractivity contribution in [1.82, 2.24) is 4.90 Å². The number of imide groups is 1. The molecule has 0 spiro atoms. The lowest BCUT2D eigenvalue weighted by atomic mass is 10.1. The molecule has 2 saturated heterocycles. The Morgan fingerprint density at radius 2 is 1.59 bits per heavy atom. The van der Waals surface area contributed by atoms with E-state index >= 15 is 0 Å². The molecule has 1 unspecified atom stereocenters. The summed E-state index contributed by atoms with van der Waals surface area (Å²) < 4.78 is 0. The number of amides is 2. The summed E-state index contributed by atoms with van der Waals surface area (Å²) in [5.74, 6) is -0.268. The number of anilines is 2. The molecule has 2 aromatic rings. The van der Waals surface area contributed by atoms with Crippen LogP contribution in [-0.2, 0) is 16.1 Å². The molecule has 1 atom stereocenters. The molecule has 2 heterocycles. The first kappa shape index (κ1) is 17.6. The van der Waals surface area contributed by atoms with E-state index in [0.717, 1.165) is 24.3 Å². The molecular weight excluding hydrogens is 338 g/mol. The first-order valence-electron chi connectivity index (χ1n) is 9.70. The van der Waals surface area contributed by atoms with Gasteiger partial charge in [0.2, 0.25) is 5.91 Å². The molecule has 2 aromatic carbocycles. The van der Waals surface area contributed by atoms with Crippen LogP contribution in [0, 0.1) is 0 Å². The number of rotatable bonds is 5. The Balaban J connectivity index is 1.39. The number of carbonyl (C=O) groups is 2. The van der Waals surface area contributed by atoms with Crippen LogP contribution in [0.15, 0.2) is 54.6 Å². The standard InChI is InChI=1S/C22H25N3O2/c26-21-15-20(22(27)25(21)16-17-7-3-1-4-8-17)23-18-9-11-19(12-10-18)24-13-5-2-6-14-24/h1,3-4,7-12,20,23H,2,5-6,13-16H2. The number of hydrogen-bond donors (Lipinski definition) is 1. The second kappa shape index (κ2) is 7.82. The van der Waals surface area contributed by atoms with E-state index in [4.69, 9.17) is 0 Å². The second-order valence-corrected chi connectivity index (χ2v) is 7.30. The summed E-state index contributed by atoms with van der Waals surface area (Å²) in [5.41, 5.74) is 3.06. The zero-order chi connectivity index (χ0) is 18.6. The van der Waals surface area contributed by atoms with Gasteiger partial charge < -0.3 is 10.2 Å². The van der Waals surface area contributed by atoms with Crippen LogP contribution in [0.25, 0.3) is 0 Å². The molecule has 2 aliphatic rings. The number of nitrogens with zero attached hydrogens (tertiary/aromatic N) is 2. The van der Waals surface area contributed by atoms with E-state index in [9.17, 15) is 9.59 Å². The monoisotopic (exact) mass is 363 g/mol. The molecule has 0 aliphatic carbocycles. The molecule has 1 N–H and O–H groups in total. The van der Waals surface area contributed by atoms with Gasteiger partial charge in [-0.3, -0.25) is 14.5 Å². The van der Waals surface area contributed by atoms with Crippen molar-refractivity contribution in [1.29, 1.82) is 0 Å². The maximum Gasteiger partial charge on any atom is 0.252 e. The molecule has 2 amide bonds. The minimum Gasteiger partial charge on any atom is -0.373 e. The van der Waals surface area contributed by atoms with Gasteiger partial charge in [0.15, 0.2) is 0 Å². The third-order valence-corrected chi connectivity index (χ3v) is 5.36. The normalized spacial score (nSPS) is 20.2. The van der Waals surface area contributed by atoms with Crippen molar-refractivity contribution in [3.05, 3.63) is 60.2 Å². The van der Waals surface area contributed by atoms with Gasteiger partial charge in [-0.15, -0.1) is 0 Å². The Hall–Kier alpha value is -2.82. The summed E-state index contributed by atoms with van der Waals surface area (Å²) in [4.78, 5) is 28.7. The highest BCUT2D eigenvalue weighted by molar-refractivity contribution is 6.06. The third-order valence-electron chi connectivity index (χ3n) is 5.36. The Morgan fingerprint density at radius 3 is 2.30 bits per heavy atom. The average Bonchev–Trinajstić information content (AvgIpc) is 2.97. The van der Waals surface area contributed by atoms with Crippen molar-refractivity contribution in [3.63, 3.8) is 0 Å². The van der Waals surface area contributed by atoms with Crippen LogP contribution in [0.2, 0.25) is 0 Å². The molecule has 5 nitrogen and oxygen atoms in total. The lowest BCUT2D eigenvalue weighted by Crippen LogP contribution is -2.34. The predicted molar refractivity (Wildman–Crippen MR) is 107 cm³/mol. The molecule has 5 heteroatoms. The van der Waals surface area contributed by atoms with Gasteiger partial charge in [-0.05, 0) is 49.1 Å². The minimum atomic E-state index is -0.484. The highest BCUT2D eigenvalue weighted by Gasteiger charge is 2.38. The molecule has 0 aromatic heterocycles. The fraction of sp³-hybridized carbons (Fsp3) is 0.364. The quantitative estimate of drug-likeness (QED) is 0.827. The number of likely N-dealkylation sites (tertiary alicyclic amines) is 1. The largest absolute Gasteiger partial charge is 0.373 e. The van der Waals surface area contributed by atoms with Gasteiger partial charge in [-0.2, -0.15) is 0 Å². The lowest BCUT2D eigenvalue weighted by Gasteiger charge is -2.29. The predicted octanol–water partition coefficient (Wildman–Crippen LogP) is 3.42. The van der Waals surface area contributed by atoms with Gasteiger partial charge in [0, 0.05) is 24.5 Å². The molecule has 27 heavy (non-hydrogen) atoms. The lowest BCUT2D eigenvalue weighted by molar-refractivity contribution is -0.139. The van der Waals surface area contributed by atoms with Gasteiger partial charge in [-0.1, -0.05) is 30.3 Å². The molecule has 0 bridgehead atoms. The van der Waals surface area contributed by atoms with Crippen LogP contribution >= 0.6 is 0 Å². The number of nitrogens with one attached hydrogen (secondary N) is 1. The molecule has 4 rings (SSSR count). The number of hydrogen-bond acceptors (Lipinski definition) is 4. The summed E-state index contributed by atoms with van der Waals surface area (Å²) >= 11 is 0. The van der Waals surface area contributed by atoms with E-state index in [0.29, 0.717) is 6.54 Å². The van der Waals surface area contributed by atoms with E-state index < -0.39 is 6.04 Å². The minimum absolute atomic E-state index is 0.119. The van der Waals surface area contributed by atoms with E-state index in [1.165, 1.54) is 29.8 Å². The van der Waals surface area contributed by atoms with Crippen molar-refractivity contribution >= 4 is 23.2 Å². The van der Waals surface area contributed by atoms with E-state index in [-0.39, 0.29) is 18.2 Å². The van der Waals surface area contributed by atoms with Crippen LogP contribution in [0.1, 0.15) is 31.2 Å². The van der Waals surface area contributed by atoms with E-state index in [1.807, 2.05) is 42.5 Å². The van der Waals surface area contributed by atoms with Crippen molar-refractivity contribution in [2.24, 2.45) is 0 Å². The highest BCUT2D eigenvalue weighted by Crippen LogP contribution is 2.24. The van der Waals surface area contributed by atoms with Crippen LogP contribution in [0.5, 0.6) is 0 Å². The third kappa shape index (κ3) is 3.97. The molecule has 0 saturated carbocycles. The van der Waals surface area contributed by atoms with Crippen LogP contribution in [0.4, 0.5) is 11.4 Å². The fourth-order valence-electron chi connectivity index (χ4n) is 3.85. The summed E-state index contributed by atoms with van der Waals surface area (Å²) in [6, 6.07) is 17.3. The Labute approximate surface area is 160 Å².